The minimum absolute atomic E-state index is 0.150. The van der Waals surface area contributed by atoms with E-state index in [1.54, 1.807) is 21.2 Å². The van der Waals surface area contributed by atoms with E-state index in [2.05, 4.69) is 0 Å². The SMILES string of the molecule is COC(=O)c1sc2ccc(OC)cc2c1SC(=O)N(C)C. The van der Waals surface area contributed by atoms with Crippen LogP contribution in [0.3, 0.4) is 0 Å². The predicted octanol–water partition coefficient (Wildman–Crippen LogP) is 3.47. The molecule has 0 aliphatic carbocycles. The van der Waals surface area contributed by atoms with Crippen molar-refractivity contribution >= 4 is 44.4 Å². The Morgan fingerprint density at radius 1 is 1.24 bits per heavy atom. The summed E-state index contributed by atoms with van der Waals surface area (Å²) in [6, 6.07) is 5.52. The number of ether oxygens (including phenoxy) is 2. The molecule has 0 bridgehead atoms. The maximum absolute atomic E-state index is 12.0. The van der Waals surface area contributed by atoms with Crippen LogP contribution in [0.4, 0.5) is 4.79 Å². The zero-order valence-electron chi connectivity index (χ0n) is 12.1. The first-order valence-corrected chi connectivity index (χ1v) is 7.69. The van der Waals surface area contributed by atoms with E-state index in [-0.39, 0.29) is 5.24 Å². The third kappa shape index (κ3) is 3.14. The van der Waals surface area contributed by atoms with Crippen molar-refractivity contribution in [3.05, 3.63) is 23.1 Å². The largest absolute Gasteiger partial charge is 0.497 e. The highest BCUT2D eigenvalue weighted by atomic mass is 32.2. The van der Waals surface area contributed by atoms with Crippen LogP contribution in [-0.4, -0.2) is 44.4 Å². The number of rotatable bonds is 3. The summed E-state index contributed by atoms with van der Waals surface area (Å²) in [5.74, 6) is 0.236. The van der Waals surface area contributed by atoms with E-state index in [1.807, 2.05) is 18.2 Å². The number of carbonyl (C=O) groups is 2. The van der Waals surface area contributed by atoms with E-state index < -0.39 is 5.97 Å². The molecule has 0 spiro atoms. The standard InChI is InChI=1S/C14H15NO4S2/c1-15(2)14(17)21-11-9-7-8(18-3)5-6-10(9)20-12(11)13(16)19-4/h5-7H,1-4H3. The number of hydrogen-bond acceptors (Lipinski definition) is 6. The Labute approximate surface area is 130 Å². The lowest BCUT2D eigenvalue weighted by atomic mass is 10.2. The number of methoxy groups -OCH3 is 2. The second-order valence-electron chi connectivity index (χ2n) is 4.38. The maximum Gasteiger partial charge on any atom is 0.349 e. The molecular formula is C14H15NO4S2. The molecule has 112 valence electrons. The average Bonchev–Trinajstić information content (AvgIpc) is 2.84. The number of thioether (sulfide) groups is 1. The topological polar surface area (TPSA) is 55.8 Å². The van der Waals surface area contributed by atoms with Crippen LogP contribution < -0.4 is 4.74 Å². The Kier molecular flexibility index (Phi) is 4.74. The molecule has 0 atom stereocenters. The van der Waals surface area contributed by atoms with Crippen molar-refractivity contribution in [2.45, 2.75) is 4.90 Å². The van der Waals surface area contributed by atoms with Crippen LogP contribution in [-0.2, 0) is 4.74 Å². The van der Waals surface area contributed by atoms with E-state index in [4.69, 9.17) is 9.47 Å². The van der Waals surface area contributed by atoms with Crippen molar-refractivity contribution < 1.29 is 19.1 Å². The molecular weight excluding hydrogens is 310 g/mol. The van der Waals surface area contributed by atoms with Gasteiger partial charge in [-0.3, -0.25) is 4.79 Å². The van der Waals surface area contributed by atoms with E-state index >= 15 is 0 Å². The van der Waals surface area contributed by atoms with Gasteiger partial charge in [0, 0.05) is 24.2 Å². The predicted molar refractivity (Wildman–Crippen MR) is 84.7 cm³/mol. The van der Waals surface area contributed by atoms with Gasteiger partial charge < -0.3 is 14.4 Å². The first kappa shape index (κ1) is 15.7. The Balaban J connectivity index is 2.60. The number of carbonyl (C=O) groups excluding carboxylic acids is 2. The molecule has 0 radical (unpaired) electrons. The number of thiophene rings is 1. The lowest BCUT2D eigenvalue weighted by Crippen LogP contribution is -2.16. The van der Waals surface area contributed by atoms with Crippen LogP contribution in [0.25, 0.3) is 10.1 Å². The van der Waals surface area contributed by atoms with Crippen LogP contribution in [0, 0.1) is 0 Å². The first-order chi connectivity index (χ1) is 9.97. The Bertz CT molecular complexity index is 694. The normalized spacial score (nSPS) is 10.5. The zero-order chi connectivity index (χ0) is 15.6. The molecule has 1 amide bonds. The van der Waals surface area contributed by atoms with Crippen LogP contribution in [0.15, 0.2) is 23.1 Å². The molecule has 0 unspecified atom stereocenters. The zero-order valence-corrected chi connectivity index (χ0v) is 13.8. The Morgan fingerprint density at radius 3 is 2.52 bits per heavy atom. The molecule has 2 rings (SSSR count). The van der Waals surface area contributed by atoms with Gasteiger partial charge in [-0.15, -0.1) is 11.3 Å². The summed E-state index contributed by atoms with van der Waals surface area (Å²) in [4.78, 5) is 26.4. The fourth-order valence-corrected chi connectivity index (χ4v) is 3.81. The van der Waals surface area contributed by atoms with Gasteiger partial charge in [0.25, 0.3) is 5.24 Å². The molecule has 7 heteroatoms. The van der Waals surface area contributed by atoms with E-state index in [0.717, 1.165) is 21.8 Å². The molecule has 0 N–H and O–H groups in total. The van der Waals surface area contributed by atoms with Crippen LogP contribution in [0.5, 0.6) is 5.75 Å². The number of benzene rings is 1. The molecule has 1 heterocycles. The highest BCUT2D eigenvalue weighted by molar-refractivity contribution is 8.13. The van der Waals surface area contributed by atoms with Crippen molar-refractivity contribution in [2.75, 3.05) is 28.3 Å². The van der Waals surface area contributed by atoms with Gasteiger partial charge >= 0.3 is 5.97 Å². The number of esters is 1. The summed E-state index contributed by atoms with van der Waals surface area (Å²) < 4.78 is 10.9. The van der Waals surface area contributed by atoms with Gasteiger partial charge in [-0.1, -0.05) is 0 Å². The number of fused-ring (bicyclic) bond motifs is 1. The van der Waals surface area contributed by atoms with Crippen molar-refractivity contribution in [1.29, 1.82) is 0 Å². The number of amides is 1. The Morgan fingerprint density at radius 2 is 1.95 bits per heavy atom. The minimum atomic E-state index is -0.441. The van der Waals surface area contributed by atoms with Gasteiger partial charge in [0.2, 0.25) is 0 Å². The average molecular weight is 325 g/mol. The fourth-order valence-electron chi connectivity index (χ4n) is 1.69. The molecule has 21 heavy (non-hydrogen) atoms. The summed E-state index contributed by atoms with van der Waals surface area (Å²) >= 11 is 2.33. The van der Waals surface area contributed by atoms with Gasteiger partial charge in [-0.2, -0.15) is 0 Å². The number of nitrogens with zero attached hydrogens (tertiary/aromatic N) is 1. The van der Waals surface area contributed by atoms with Gasteiger partial charge in [0.05, 0.1) is 19.1 Å². The van der Waals surface area contributed by atoms with E-state index in [9.17, 15) is 9.59 Å². The lowest BCUT2D eigenvalue weighted by molar-refractivity contribution is 0.0603. The highest BCUT2D eigenvalue weighted by Gasteiger charge is 2.23. The van der Waals surface area contributed by atoms with Crippen LogP contribution in [0.1, 0.15) is 9.67 Å². The molecule has 0 aliphatic heterocycles. The molecule has 1 aromatic carbocycles. The van der Waals surface area contributed by atoms with Gasteiger partial charge in [-0.25, -0.2) is 4.79 Å². The van der Waals surface area contributed by atoms with Crippen molar-refractivity contribution in [1.82, 2.24) is 4.90 Å². The van der Waals surface area contributed by atoms with Crippen LogP contribution in [0.2, 0.25) is 0 Å². The molecule has 5 nitrogen and oxygen atoms in total. The first-order valence-electron chi connectivity index (χ1n) is 6.06. The maximum atomic E-state index is 12.0. The van der Waals surface area contributed by atoms with Crippen molar-refractivity contribution in [3.63, 3.8) is 0 Å². The van der Waals surface area contributed by atoms with Gasteiger partial charge in [-0.05, 0) is 30.0 Å². The Hall–Kier alpha value is -1.73. The van der Waals surface area contributed by atoms with E-state index in [1.165, 1.54) is 23.3 Å². The van der Waals surface area contributed by atoms with E-state index in [0.29, 0.717) is 15.5 Å². The van der Waals surface area contributed by atoms with Crippen molar-refractivity contribution in [2.24, 2.45) is 0 Å². The molecule has 0 saturated carbocycles. The minimum Gasteiger partial charge on any atom is -0.497 e. The van der Waals surface area contributed by atoms with Gasteiger partial charge in [0.15, 0.2) is 0 Å². The third-order valence-electron chi connectivity index (χ3n) is 2.77. The second kappa shape index (κ2) is 6.36. The highest BCUT2D eigenvalue weighted by Crippen LogP contribution is 2.40. The monoisotopic (exact) mass is 325 g/mol. The summed E-state index contributed by atoms with van der Waals surface area (Å²) in [5, 5.41) is 0.669. The quantitative estimate of drug-likeness (QED) is 0.639. The summed E-state index contributed by atoms with van der Waals surface area (Å²) in [6.07, 6.45) is 0. The number of hydrogen-bond donors (Lipinski definition) is 0. The second-order valence-corrected chi connectivity index (χ2v) is 6.39. The van der Waals surface area contributed by atoms with Gasteiger partial charge in [0.1, 0.15) is 10.6 Å². The smallest absolute Gasteiger partial charge is 0.349 e. The fraction of sp³-hybridized carbons (Fsp3) is 0.286. The summed E-state index contributed by atoms with van der Waals surface area (Å²) in [5.41, 5.74) is 0. The lowest BCUT2D eigenvalue weighted by Gasteiger charge is -2.09. The molecule has 2 aromatic rings. The molecule has 0 fully saturated rings. The molecule has 0 aliphatic rings. The van der Waals surface area contributed by atoms with Crippen LogP contribution >= 0.6 is 23.1 Å². The molecule has 0 saturated heterocycles. The summed E-state index contributed by atoms with van der Waals surface area (Å²) in [6.45, 7) is 0. The van der Waals surface area contributed by atoms with Crippen molar-refractivity contribution in [3.8, 4) is 5.75 Å². The third-order valence-corrected chi connectivity index (χ3v) is 5.22. The molecule has 1 aromatic heterocycles. The summed E-state index contributed by atoms with van der Waals surface area (Å²) in [7, 11) is 6.24.